The lowest BCUT2D eigenvalue weighted by Gasteiger charge is -2.09. The second-order valence-electron chi connectivity index (χ2n) is 4.19. The minimum atomic E-state index is 0.383. The molecule has 1 aromatic rings. The van der Waals surface area contributed by atoms with Crippen LogP contribution in [0.15, 0.2) is 23.1 Å². The molecule has 0 bridgehead atoms. The van der Waals surface area contributed by atoms with Crippen LogP contribution in [0.5, 0.6) is 0 Å². The van der Waals surface area contributed by atoms with Crippen molar-refractivity contribution in [3.8, 4) is 0 Å². The molecule has 0 N–H and O–H groups in total. The van der Waals surface area contributed by atoms with Crippen LogP contribution in [0.1, 0.15) is 19.3 Å². The molecular weight excluding hydrogens is 283 g/mol. The van der Waals surface area contributed by atoms with Crippen molar-refractivity contribution < 1.29 is 0 Å². The van der Waals surface area contributed by atoms with Crippen LogP contribution in [0.2, 0.25) is 10.0 Å². The predicted molar refractivity (Wildman–Crippen MR) is 74.2 cm³/mol. The molecule has 0 spiro atoms. The van der Waals surface area contributed by atoms with Gasteiger partial charge in [-0.2, -0.15) is 0 Å². The largest absolute Gasteiger partial charge is 0.126 e. The normalized spacial score (nSPS) is 24.9. The SMILES string of the molecule is Clc1cc(Cl)cc(SCC2CCC(Cl)C2)c1. The zero-order valence-corrected chi connectivity index (χ0v) is 11.8. The van der Waals surface area contributed by atoms with Crippen LogP contribution >= 0.6 is 46.6 Å². The van der Waals surface area contributed by atoms with E-state index in [1.807, 2.05) is 23.9 Å². The van der Waals surface area contributed by atoms with E-state index in [1.54, 1.807) is 6.07 Å². The van der Waals surface area contributed by atoms with Gasteiger partial charge in [-0.3, -0.25) is 0 Å². The summed E-state index contributed by atoms with van der Waals surface area (Å²) in [5.74, 6) is 1.85. The van der Waals surface area contributed by atoms with Crippen LogP contribution in [-0.2, 0) is 0 Å². The van der Waals surface area contributed by atoms with Crippen LogP contribution < -0.4 is 0 Å². The van der Waals surface area contributed by atoms with Gasteiger partial charge in [0.05, 0.1) is 0 Å². The van der Waals surface area contributed by atoms with Crippen LogP contribution in [0, 0.1) is 5.92 Å². The molecule has 0 radical (unpaired) electrons. The van der Waals surface area contributed by atoms with Crippen molar-refractivity contribution in [3.63, 3.8) is 0 Å². The van der Waals surface area contributed by atoms with Crippen molar-refractivity contribution in [1.82, 2.24) is 0 Å². The molecule has 16 heavy (non-hydrogen) atoms. The Morgan fingerprint density at radius 3 is 2.38 bits per heavy atom. The highest BCUT2D eigenvalue weighted by Crippen LogP contribution is 2.35. The zero-order valence-electron chi connectivity index (χ0n) is 8.76. The molecule has 1 saturated carbocycles. The second-order valence-corrected chi connectivity index (χ2v) is 6.78. The lowest BCUT2D eigenvalue weighted by Crippen LogP contribution is -1.98. The maximum Gasteiger partial charge on any atom is 0.0431 e. The Labute approximate surface area is 116 Å². The Morgan fingerprint density at radius 2 is 1.81 bits per heavy atom. The van der Waals surface area contributed by atoms with Crippen LogP contribution in [0.3, 0.4) is 0 Å². The fraction of sp³-hybridized carbons (Fsp3) is 0.500. The molecule has 0 amide bonds. The molecule has 0 heterocycles. The molecule has 88 valence electrons. The minimum absolute atomic E-state index is 0.383. The van der Waals surface area contributed by atoms with Crippen molar-refractivity contribution in [3.05, 3.63) is 28.2 Å². The van der Waals surface area contributed by atoms with Gasteiger partial charge in [-0.25, -0.2) is 0 Å². The molecule has 0 saturated heterocycles. The second kappa shape index (κ2) is 5.86. The molecule has 1 fully saturated rings. The lowest BCUT2D eigenvalue weighted by molar-refractivity contribution is 0.624. The first kappa shape index (κ1) is 12.9. The van der Waals surface area contributed by atoms with Crippen molar-refractivity contribution in [1.29, 1.82) is 0 Å². The summed E-state index contributed by atoms with van der Waals surface area (Å²) >= 11 is 19.8. The Morgan fingerprint density at radius 1 is 1.12 bits per heavy atom. The fourth-order valence-corrected chi connectivity index (χ4v) is 4.18. The van der Waals surface area contributed by atoms with E-state index in [-0.39, 0.29) is 0 Å². The minimum Gasteiger partial charge on any atom is -0.126 e. The molecule has 2 rings (SSSR count). The molecule has 1 aromatic carbocycles. The lowest BCUT2D eigenvalue weighted by atomic mass is 10.1. The number of halogens is 3. The zero-order chi connectivity index (χ0) is 11.5. The number of hydrogen-bond donors (Lipinski definition) is 0. The van der Waals surface area contributed by atoms with Gasteiger partial charge in [0.1, 0.15) is 0 Å². The van der Waals surface area contributed by atoms with Gasteiger partial charge in [0.2, 0.25) is 0 Å². The van der Waals surface area contributed by atoms with Crippen LogP contribution in [-0.4, -0.2) is 11.1 Å². The van der Waals surface area contributed by atoms with Gasteiger partial charge in [0.25, 0.3) is 0 Å². The summed E-state index contributed by atoms with van der Waals surface area (Å²) in [6.45, 7) is 0. The predicted octanol–water partition coefficient (Wildman–Crippen LogP) is 5.49. The molecule has 0 aromatic heterocycles. The molecule has 1 aliphatic carbocycles. The number of thioether (sulfide) groups is 1. The summed E-state index contributed by atoms with van der Waals surface area (Å²) in [6.07, 6.45) is 3.54. The van der Waals surface area contributed by atoms with E-state index < -0.39 is 0 Å². The Balaban J connectivity index is 1.89. The highest BCUT2D eigenvalue weighted by atomic mass is 35.5. The molecular formula is C12H13Cl3S. The number of alkyl halides is 1. The van der Waals surface area contributed by atoms with E-state index in [1.165, 1.54) is 6.42 Å². The first-order valence-corrected chi connectivity index (χ1v) is 7.54. The van der Waals surface area contributed by atoms with Gasteiger partial charge in [-0.1, -0.05) is 23.2 Å². The van der Waals surface area contributed by atoms with Gasteiger partial charge >= 0.3 is 0 Å². The van der Waals surface area contributed by atoms with E-state index >= 15 is 0 Å². The van der Waals surface area contributed by atoms with E-state index in [2.05, 4.69) is 0 Å². The first-order valence-electron chi connectivity index (χ1n) is 5.36. The maximum atomic E-state index is 6.09. The van der Waals surface area contributed by atoms with Crippen molar-refractivity contribution in [2.24, 2.45) is 5.92 Å². The van der Waals surface area contributed by atoms with E-state index in [4.69, 9.17) is 34.8 Å². The van der Waals surface area contributed by atoms with Crippen molar-refractivity contribution in [2.45, 2.75) is 29.5 Å². The smallest absolute Gasteiger partial charge is 0.0431 e. The molecule has 2 unspecified atom stereocenters. The Hall–Kier alpha value is 0.440. The molecule has 2 atom stereocenters. The number of hydrogen-bond acceptors (Lipinski definition) is 1. The molecule has 4 heteroatoms. The molecule has 0 aliphatic heterocycles. The van der Waals surface area contributed by atoms with Gasteiger partial charge in [-0.15, -0.1) is 23.4 Å². The van der Waals surface area contributed by atoms with Crippen molar-refractivity contribution >= 4 is 46.6 Å². The Bertz CT molecular complexity index is 347. The molecule has 1 aliphatic rings. The third-order valence-electron chi connectivity index (χ3n) is 2.80. The van der Waals surface area contributed by atoms with Crippen LogP contribution in [0.25, 0.3) is 0 Å². The topological polar surface area (TPSA) is 0 Å². The molecule has 0 nitrogen and oxygen atoms in total. The maximum absolute atomic E-state index is 6.09. The van der Waals surface area contributed by atoms with Crippen LogP contribution in [0.4, 0.5) is 0 Å². The van der Waals surface area contributed by atoms with E-state index in [0.717, 1.165) is 29.4 Å². The quantitative estimate of drug-likeness (QED) is 0.524. The van der Waals surface area contributed by atoms with Gasteiger partial charge < -0.3 is 0 Å². The number of rotatable bonds is 3. The fourth-order valence-electron chi connectivity index (χ4n) is 1.99. The summed E-state index contributed by atoms with van der Waals surface area (Å²) in [7, 11) is 0. The third-order valence-corrected chi connectivity index (χ3v) is 4.84. The van der Waals surface area contributed by atoms with E-state index in [9.17, 15) is 0 Å². The highest BCUT2D eigenvalue weighted by molar-refractivity contribution is 7.99. The monoisotopic (exact) mass is 294 g/mol. The van der Waals surface area contributed by atoms with Gasteiger partial charge in [-0.05, 0) is 43.4 Å². The summed E-state index contributed by atoms with van der Waals surface area (Å²) in [5.41, 5.74) is 0. The van der Waals surface area contributed by atoms with Gasteiger partial charge in [0, 0.05) is 26.1 Å². The third kappa shape index (κ3) is 3.73. The number of benzene rings is 1. The van der Waals surface area contributed by atoms with Gasteiger partial charge in [0.15, 0.2) is 0 Å². The Kier molecular flexibility index (Phi) is 4.72. The summed E-state index contributed by atoms with van der Waals surface area (Å²) in [5, 5.41) is 1.79. The van der Waals surface area contributed by atoms with E-state index in [0.29, 0.717) is 15.4 Å². The standard InChI is InChI=1S/C12H13Cl3S/c13-9-2-1-8(3-9)7-16-12-5-10(14)4-11(15)6-12/h4-6,8-9H,1-3,7H2. The van der Waals surface area contributed by atoms with Crippen molar-refractivity contribution in [2.75, 3.05) is 5.75 Å². The first-order chi connectivity index (χ1) is 7.63. The summed E-state index contributed by atoms with van der Waals surface area (Å²) in [6, 6.07) is 5.69. The average molecular weight is 296 g/mol. The summed E-state index contributed by atoms with van der Waals surface area (Å²) in [4.78, 5) is 1.15. The summed E-state index contributed by atoms with van der Waals surface area (Å²) < 4.78 is 0. The highest BCUT2D eigenvalue weighted by Gasteiger charge is 2.22. The average Bonchev–Trinajstić information content (AvgIpc) is 2.60.